The third-order valence-corrected chi connectivity index (χ3v) is 5.10. The lowest BCUT2D eigenvalue weighted by Gasteiger charge is -2.19. The lowest BCUT2D eigenvalue weighted by molar-refractivity contribution is 0.451. The fourth-order valence-electron chi connectivity index (χ4n) is 1.43. The molecular weight excluding hydrogens is 276 g/mol. The maximum atomic E-state index is 6.15. The number of thiophene rings is 1. The standard InChI is InChI=1S/C11H13ClN2OS2/c1-2-7(13)10(8-3-4-9(12)16-8)17-11-14-5-6-15-11/h3-7,10H,2,13H2,1H3. The minimum absolute atomic E-state index is 0.0571. The molecule has 2 unspecified atom stereocenters. The van der Waals surface area contributed by atoms with E-state index in [1.807, 2.05) is 12.1 Å². The number of aromatic nitrogens is 1. The van der Waals surface area contributed by atoms with Crippen LogP contribution in [0.15, 0.2) is 34.2 Å². The quantitative estimate of drug-likeness (QED) is 0.846. The number of thioether (sulfide) groups is 1. The fraction of sp³-hybridized carbons (Fsp3) is 0.364. The summed E-state index contributed by atoms with van der Waals surface area (Å²) in [4.78, 5) is 5.28. The fourth-order valence-corrected chi connectivity index (χ4v) is 3.85. The molecule has 0 saturated carbocycles. The summed E-state index contributed by atoms with van der Waals surface area (Å²) in [6, 6.07) is 3.97. The van der Waals surface area contributed by atoms with Crippen LogP contribution < -0.4 is 5.73 Å². The van der Waals surface area contributed by atoms with Gasteiger partial charge in [-0.1, -0.05) is 30.3 Å². The summed E-state index contributed by atoms with van der Waals surface area (Å²) in [7, 11) is 0. The molecule has 0 aliphatic carbocycles. The molecule has 0 radical (unpaired) electrons. The molecule has 0 bridgehead atoms. The highest BCUT2D eigenvalue weighted by Crippen LogP contribution is 2.41. The molecule has 2 aromatic rings. The summed E-state index contributed by atoms with van der Waals surface area (Å²) in [5, 5.41) is 0.777. The Morgan fingerprint density at radius 3 is 2.94 bits per heavy atom. The number of rotatable bonds is 5. The van der Waals surface area contributed by atoms with Gasteiger partial charge < -0.3 is 10.2 Å². The van der Waals surface area contributed by atoms with E-state index >= 15 is 0 Å². The van der Waals surface area contributed by atoms with E-state index < -0.39 is 0 Å². The zero-order valence-corrected chi connectivity index (χ0v) is 11.7. The summed E-state index contributed by atoms with van der Waals surface area (Å²) in [5.74, 6) is 0. The van der Waals surface area contributed by atoms with E-state index in [1.54, 1.807) is 35.6 Å². The molecule has 0 aromatic carbocycles. The Hall–Kier alpha value is -0.490. The molecule has 2 heterocycles. The second kappa shape index (κ2) is 5.91. The summed E-state index contributed by atoms with van der Waals surface area (Å²) in [5.41, 5.74) is 6.15. The van der Waals surface area contributed by atoms with E-state index in [0.29, 0.717) is 5.22 Å². The van der Waals surface area contributed by atoms with Crippen LogP contribution in [-0.2, 0) is 0 Å². The zero-order valence-electron chi connectivity index (χ0n) is 9.30. The summed E-state index contributed by atoms with van der Waals surface area (Å²) in [6.07, 6.45) is 4.10. The second-order valence-corrected chi connectivity index (χ2v) is 6.39. The Labute approximate surface area is 113 Å². The molecule has 3 nitrogen and oxygen atoms in total. The first-order valence-corrected chi connectivity index (χ1v) is 7.35. The first-order chi connectivity index (χ1) is 8.20. The van der Waals surface area contributed by atoms with Gasteiger partial charge in [-0.15, -0.1) is 11.3 Å². The van der Waals surface area contributed by atoms with Crippen LogP contribution in [0.2, 0.25) is 4.34 Å². The lowest BCUT2D eigenvalue weighted by Crippen LogP contribution is -2.25. The molecule has 2 atom stereocenters. The number of oxazole rings is 1. The second-order valence-electron chi connectivity index (χ2n) is 3.55. The number of halogens is 1. The molecule has 2 rings (SSSR count). The molecule has 0 aliphatic heterocycles. The van der Waals surface area contributed by atoms with Crippen LogP contribution in [-0.4, -0.2) is 11.0 Å². The van der Waals surface area contributed by atoms with Crippen molar-refractivity contribution < 1.29 is 4.42 Å². The maximum Gasteiger partial charge on any atom is 0.256 e. The Balaban J connectivity index is 2.19. The molecular formula is C11H13ClN2OS2. The van der Waals surface area contributed by atoms with Gasteiger partial charge in [-0.3, -0.25) is 0 Å². The Kier molecular flexibility index (Phi) is 4.50. The highest BCUT2D eigenvalue weighted by Gasteiger charge is 2.23. The molecule has 92 valence electrons. The van der Waals surface area contributed by atoms with Gasteiger partial charge in [0, 0.05) is 10.9 Å². The summed E-state index contributed by atoms with van der Waals surface area (Å²) >= 11 is 9.06. The van der Waals surface area contributed by atoms with E-state index in [4.69, 9.17) is 21.8 Å². The molecule has 6 heteroatoms. The zero-order chi connectivity index (χ0) is 12.3. The van der Waals surface area contributed by atoms with Crippen molar-refractivity contribution in [1.82, 2.24) is 4.98 Å². The van der Waals surface area contributed by atoms with Crippen molar-refractivity contribution in [2.45, 2.75) is 29.9 Å². The van der Waals surface area contributed by atoms with Crippen LogP contribution in [0.4, 0.5) is 0 Å². The monoisotopic (exact) mass is 288 g/mol. The van der Waals surface area contributed by atoms with Crippen molar-refractivity contribution in [3.8, 4) is 0 Å². The minimum atomic E-state index is 0.0571. The van der Waals surface area contributed by atoms with Gasteiger partial charge in [0.2, 0.25) is 0 Å². The van der Waals surface area contributed by atoms with Gasteiger partial charge in [-0.25, -0.2) is 4.98 Å². The first-order valence-electron chi connectivity index (χ1n) is 5.27. The largest absolute Gasteiger partial charge is 0.440 e. The third-order valence-electron chi connectivity index (χ3n) is 2.37. The van der Waals surface area contributed by atoms with E-state index in [2.05, 4.69) is 11.9 Å². The van der Waals surface area contributed by atoms with Crippen LogP contribution in [0.1, 0.15) is 23.5 Å². The smallest absolute Gasteiger partial charge is 0.256 e. The molecule has 2 aromatic heterocycles. The highest BCUT2D eigenvalue weighted by atomic mass is 35.5. The third kappa shape index (κ3) is 3.25. The van der Waals surface area contributed by atoms with E-state index in [9.17, 15) is 0 Å². The number of nitrogens with two attached hydrogens (primary N) is 1. The van der Waals surface area contributed by atoms with Crippen LogP contribution in [0, 0.1) is 0 Å². The summed E-state index contributed by atoms with van der Waals surface area (Å²) in [6.45, 7) is 2.07. The summed E-state index contributed by atoms with van der Waals surface area (Å²) < 4.78 is 6.03. The molecule has 2 N–H and O–H groups in total. The normalized spacial score (nSPS) is 14.8. The van der Waals surface area contributed by atoms with Crippen molar-refractivity contribution in [2.75, 3.05) is 0 Å². The van der Waals surface area contributed by atoms with E-state index in [0.717, 1.165) is 15.6 Å². The van der Waals surface area contributed by atoms with Gasteiger partial charge >= 0.3 is 0 Å². The van der Waals surface area contributed by atoms with Gasteiger partial charge in [0.25, 0.3) is 5.22 Å². The molecule has 0 amide bonds. The molecule has 0 aliphatic rings. The van der Waals surface area contributed by atoms with Crippen molar-refractivity contribution in [2.24, 2.45) is 5.73 Å². The van der Waals surface area contributed by atoms with Gasteiger partial charge in [0.05, 0.1) is 15.8 Å². The van der Waals surface area contributed by atoms with Crippen molar-refractivity contribution in [3.05, 3.63) is 33.8 Å². The average Bonchev–Trinajstić information content (AvgIpc) is 2.96. The molecule has 0 spiro atoms. The number of hydrogen-bond acceptors (Lipinski definition) is 5. The van der Waals surface area contributed by atoms with Gasteiger partial charge in [0.15, 0.2) is 0 Å². The van der Waals surface area contributed by atoms with Gasteiger partial charge in [-0.2, -0.15) is 0 Å². The Morgan fingerprint density at radius 2 is 2.41 bits per heavy atom. The van der Waals surface area contributed by atoms with E-state index in [1.165, 1.54) is 0 Å². The van der Waals surface area contributed by atoms with Crippen LogP contribution >= 0.6 is 34.7 Å². The maximum absolute atomic E-state index is 6.15. The topological polar surface area (TPSA) is 52.0 Å². The predicted molar refractivity (Wildman–Crippen MR) is 72.7 cm³/mol. The molecule has 0 fully saturated rings. The van der Waals surface area contributed by atoms with Gasteiger partial charge in [0.1, 0.15) is 6.26 Å². The van der Waals surface area contributed by atoms with Crippen molar-refractivity contribution in [3.63, 3.8) is 0 Å². The molecule has 0 saturated heterocycles. The SMILES string of the molecule is CCC(N)C(Sc1ncco1)c1ccc(Cl)s1. The Morgan fingerprint density at radius 1 is 1.59 bits per heavy atom. The van der Waals surface area contributed by atoms with Crippen molar-refractivity contribution >= 4 is 34.7 Å². The number of hydrogen-bond donors (Lipinski definition) is 1. The van der Waals surface area contributed by atoms with Crippen LogP contribution in [0.25, 0.3) is 0 Å². The first kappa shape index (κ1) is 13.0. The minimum Gasteiger partial charge on any atom is -0.440 e. The van der Waals surface area contributed by atoms with Crippen molar-refractivity contribution in [1.29, 1.82) is 0 Å². The highest BCUT2D eigenvalue weighted by molar-refractivity contribution is 7.99. The predicted octanol–water partition coefficient (Wildman–Crippen LogP) is 3.96. The van der Waals surface area contributed by atoms with Crippen LogP contribution in [0.5, 0.6) is 0 Å². The molecule has 17 heavy (non-hydrogen) atoms. The lowest BCUT2D eigenvalue weighted by atomic mass is 10.1. The van der Waals surface area contributed by atoms with Crippen LogP contribution in [0.3, 0.4) is 0 Å². The van der Waals surface area contributed by atoms with E-state index in [-0.39, 0.29) is 11.3 Å². The number of nitrogens with zero attached hydrogens (tertiary/aromatic N) is 1. The Bertz CT molecular complexity index is 458. The van der Waals surface area contributed by atoms with Gasteiger partial charge in [-0.05, 0) is 18.6 Å². The average molecular weight is 289 g/mol.